The van der Waals surface area contributed by atoms with E-state index in [4.69, 9.17) is 16.3 Å². The molecule has 1 aliphatic heterocycles. The summed E-state index contributed by atoms with van der Waals surface area (Å²) < 4.78 is 5.83. The molecule has 0 amide bonds. The number of fused-ring (bicyclic) bond motifs is 1. The number of ether oxygens (including phenoxy) is 1. The lowest BCUT2D eigenvalue weighted by atomic mass is 10.1. The van der Waals surface area contributed by atoms with Gasteiger partial charge in [0.1, 0.15) is 6.10 Å². The molecule has 6 heteroatoms. The highest BCUT2D eigenvalue weighted by molar-refractivity contribution is 6.31. The summed E-state index contributed by atoms with van der Waals surface area (Å²) in [5.41, 5.74) is 1.59. The molecule has 102 valence electrons. The van der Waals surface area contributed by atoms with Gasteiger partial charge in [-0.25, -0.2) is 9.97 Å². The number of aromatic nitrogens is 2. The Labute approximate surface area is 122 Å². The Bertz CT molecular complexity index is 559. The second kappa shape index (κ2) is 6.37. The van der Waals surface area contributed by atoms with E-state index in [1.807, 2.05) is 24.3 Å². The minimum Gasteiger partial charge on any atom is -0.471 e. The second-order valence-electron chi connectivity index (χ2n) is 4.39. The van der Waals surface area contributed by atoms with Gasteiger partial charge in [-0.15, -0.1) is 12.4 Å². The first-order valence-electron chi connectivity index (χ1n) is 6.12. The molecular weight excluding hydrogens is 285 g/mol. The van der Waals surface area contributed by atoms with Gasteiger partial charge in [0.15, 0.2) is 5.15 Å². The zero-order valence-electron chi connectivity index (χ0n) is 10.3. The van der Waals surface area contributed by atoms with Gasteiger partial charge >= 0.3 is 0 Å². The summed E-state index contributed by atoms with van der Waals surface area (Å²) in [6.07, 6.45) is 2.27. The topological polar surface area (TPSA) is 47.0 Å². The molecule has 3 rings (SSSR count). The molecule has 1 saturated heterocycles. The summed E-state index contributed by atoms with van der Waals surface area (Å²) in [6.45, 7) is 1.89. The lowest BCUT2D eigenvalue weighted by Gasteiger charge is -2.23. The van der Waals surface area contributed by atoms with Gasteiger partial charge in [-0.2, -0.15) is 0 Å². The number of rotatable bonds is 2. The first-order valence-corrected chi connectivity index (χ1v) is 6.50. The molecule has 0 unspecified atom stereocenters. The van der Waals surface area contributed by atoms with Crippen molar-refractivity contribution in [3.05, 3.63) is 29.4 Å². The molecule has 1 fully saturated rings. The van der Waals surface area contributed by atoms with Crippen LogP contribution in [-0.4, -0.2) is 29.2 Å². The zero-order chi connectivity index (χ0) is 12.4. The van der Waals surface area contributed by atoms with Gasteiger partial charge < -0.3 is 10.1 Å². The summed E-state index contributed by atoms with van der Waals surface area (Å²) >= 11 is 6.10. The fraction of sp³-hybridized carbons (Fsp3) is 0.385. The highest BCUT2D eigenvalue weighted by Crippen LogP contribution is 2.24. The van der Waals surface area contributed by atoms with Gasteiger partial charge in [0, 0.05) is 6.54 Å². The molecule has 1 aromatic heterocycles. The Hall–Kier alpha value is -1.10. The quantitative estimate of drug-likeness (QED) is 0.926. The molecule has 2 heterocycles. The number of nitrogens with one attached hydrogen (secondary N) is 1. The van der Waals surface area contributed by atoms with Gasteiger partial charge in [-0.3, -0.25) is 0 Å². The molecule has 19 heavy (non-hydrogen) atoms. The largest absolute Gasteiger partial charge is 0.471 e. The Morgan fingerprint density at radius 3 is 2.63 bits per heavy atom. The maximum absolute atomic E-state index is 6.10. The van der Waals surface area contributed by atoms with Gasteiger partial charge in [0.25, 0.3) is 5.88 Å². The molecule has 0 radical (unpaired) electrons. The van der Waals surface area contributed by atoms with E-state index in [9.17, 15) is 0 Å². The van der Waals surface area contributed by atoms with Crippen molar-refractivity contribution in [3.8, 4) is 5.88 Å². The molecule has 0 bridgehead atoms. The van der Waals surface area contributed by atoms with E-state index in [1.54, 1.807) is 0 Å². The van der Waals surface area contributed by atoms with Crippen LogP contribution in [-0.2, 0) is 0 Å². The third kappa shape index (κ3) is 3.26. The van der Waals surface area contributed by atoms with Crippen molar-refractivity contribution in [2.24, 2.45) is 0 Å². The summed E-state index contributed by atoms with van der Waals surface area (Å²) in [7, 11) is 0. The predicted molar refractivity (Wildman–Crippen MR) is 78.3 cm³/mol. The van der Waals surface area contributed by atoms with Crippen molar-refractivity contribution in [3.63, 3.8) is 0 Å². The Balaban J connectivity index is 0.00000133. The lowest BCUT2D eigenvalue weighted by Crippen LogP contribution is -2.37. The highest BCUT2D eigenvalue weighted by Gasteiger charge is 2.17. The Morgan fingerprint density at radius 1 is 1.21 bits per heavy atom. The van der Waals surface area contributed by atoms with Crippen LogP contribution in [0.4, 0.5) is 0 Å². The van der Waals surface area contributed by atoms with Crippen LogP contribution in [0.1, 0.15) is 12.8 Å². The molecule has 0 spiro atoms. The van der Waals surface area contributed by atoms with E-state index >= 15 is 0 Å². The maximum atomic E-state index is 6.10. The van der Waals surface area contributed by atoms with Crippen molar-refractivity contribution >= 4 is 35.0 Å². The standard InChI is InChI=1S/C13H14ClN3O.ClH/c14-12-13(18-9-4-3-7-15-8-9)17-11-6-2-1-5-10(11)16-12;/h1-2,5-6,9,15H,3-4,7-8H2;1H/t9-;/m0./s1. The van der Waals surface area contributed by atoms with Crippen molar-refractivity contribution in [1.82, 2.24) is 15.3 Å². The third-order valence-corrected chi connectivity index (χ3v) is 3.27. The van der Waals surface area contributed by atoms with Crippen LogP contribution in [0, 0.1) is 0 Å². The number of nitrogens with zero attached hydrogens (tertiary/aromatic N) is 2. The molecule has 1 aliphatic rings. The van der Waals surface area contributed by atoms with E-state index in [1.165, 1.54) is 0 Å². The summed E-state index contributed by atoms with van der Waals surface area (Å²) in [6, 6.07) is 7.64. The van der Waals surface area contributed by atoms with E-state index in [2.05, 4.69) is 15.3 Å². The van der Waals surface area contributed by atoms with E-state index in [0.717, 1.165) is 37.0 Å². The van der Waals surface area contributed by atoms with E-state index < -0.39 is 0 Å². The summed E-state index contributed by atoms with van der Waals surface area (Å²) in [5.74, 6) is 0.434. The average molecular weight is 300 g/mol. The van der Waals surface area contributed by atoms with Gasteiger partial charge in [-0.05, 0) is 31.5 Å². The SMILES string of the molecule is Cl.Clc1nc2ccccc2nc1O[C@H]1CCCNC1. The molecule has 0 aliphatic carbocycles. The molecule has 2 aromatic rings. The summed E-state index contributed by atoms with van der Waals surface area (Å²) in [4.78, 5) is 8.72. The van der Waals surface area contributed by atoms with Gasteiger partial charge in [-0.1, -0.05) is 23.7 Å². The molecule has 4 nitrogen and oxygen atoms in total. The molecule has 1 atom stereocenters. The Morgan fingerprint density at radius 2 is 1.95 bits per heavy atom. The van der Waals surface area contributed by atoms with E-state index in [-0.39, 0.29) is 18.5 Å². The normalized spacial score (nSPS) is 18.9. The highest BCUT2D eigenvalue weighted by atomic mass is 35.5. The minimum atomic E-state index is 0. The zero-order valence-corrected chi connectivity index (χ0v) is 11.9. The maximum Gasteiger partial charge on any atom is 0.253 e. The molecule has 0 saturated carbocycles. The fourth-order valence-corrected chi connectivity index (χ4v) is 2.29. The second-order valence-corrected chi connectivity index (χ2v) is 4.75. The molecule has 1 aromatic carbocycles. The number of piperidine rings is 1. The van der Waals surface area contributed by atoms with Crippen molar-refractivity contribution in [2.75, 3.05) is 13.1 Å². The fourth-order valence-electron chi connectivity index (χ4n) is 2.12. The van der Waals surface area contributed by atoms with Crippen LogP contribution in [0.25, 0.3) is 11.0 Å². The van der Waals surface area contributed by atoms with Crippen LogP contribution in [0.5, 0.6) is 5.88 Å². The van der Waals surface area contributed by atoms with Crippen LogP contribution >= 0.6 is 24.0 Å². The third-order valence-electron chi connectivity index (χ3n) is 3.03. The van der Waals surface area contributed by atoms with Gasteiger partial charge in [0.2, 0.25) is 0 Å². The first-order chi connectivity index (χ1) is 8.83. The van der Waals surface area contributed by atoms with Crippen molar-refractivity contribution < 1.29 is 4.74 Å². The van der Waals surface area contributed by atoms with Crippen LogP contribution in [0.2, 0.25) is 5.15 Å². The molecular formula is C13H15Cl2N3O. The van der Waals surface area contributed by atoms with Crippen LogP contribution in [0.15, 0.2) is 24.3 Å². The number of halogens is 2. The molecule has 1 N–H and O–H groups in total. The summed E-state index contributed by atoms with van der Waals surface area (Å²) in [5, 5.41) is 3.63. The van der Waals surface area contributed by atoms with Crippen LogP contribution in [0.3, 0.4) is 0 Å². The van der Waals surface area contributed by atoms with Crippen LogP contribution < -0.4 is 10.1 Å². The Kier molecular flexibility index (Phi) is 4.80. The predicted octanol–water partition coefficient (Wildman–Crippen LogP) is 2.84. The average Bonchev–Trinajstić information content (AvgIpc) is 2.41. The van der Waals surface area contributed by atoms with Gasteiger partial charge in [0.05, 0.1) is 11.0 Å². The smallest absolute Gasteiger partial charge is 0.253 e. The van der Waals surface area contributed by atoms with Crippen molar-refractivity contribution in [2.45, 2.75) is 18.9 Å². The number of hydrogen-bond donors (Lipinski definition) is 1. The van der Waals surface area contributed by atoms with E-state index in [0.29, 0.717) is 11.0 Å². The lowest BCUT2D eigenvalue weighted by molar-refractivity contribution is 0.160. The van der Waals surface area contributed by atoms with Crippen molar-refractivity contribution in [1.29, 1.82) is 0 Å². The first kappa shape index (κ1) is 14.3. The number of para-hydroxylation sites is 2. The minimum absolute atomic E-state index is 0. The monoisotopic (exact) mass is 299 g/mol. The number of benzene rings is 1. The number of hydrogen-bond acceptors (Lipinski definition) is 4.